The monoisotopic (exact) mass is 317 g/mol. The number of nitrogens with zero attached hydrogens (tertiary/aromatic N) is 4. The molecule has 3 heterocycles. The third-order valence-corrected chi connectivity index (χ3v) is 4.84. The van der Waals surface area contributed by atoms with E-state index in [2.05, 4.69) is 16.5 Å². The summed E-state index contributed by atoms with van der Waals surface area (Å²) in [5.74, 6) is 0.428. The minimum Gasteiger partial charge on any atom is -0.312 e. The second-order valence-corrected chi connectivity index (χ2v) is 6.23. The van der Waals surface area contributed by atoms with E-state index >= 15 is 0 Å². The Morgan fingerprint density at radius 2 is 2.32 bits per heavy atom. The van der Waals surface area contributed by atoms with Crippen LogP contribution in [0.1, 0.15) is 19.3 Å². The van der Waals surface area contributed by atoms with Gasteiger partial charge < -0.3 is 5.43 Å². The molecule has 0 amide bonds. The second-order valence-electron chi connectivity index (χ2n) is 5.31. The Morgan fingerprint density at radius 1 is 1.55 bits per heavy atom. The van der Waals surface area contributed by atoms with Gasteiger partial charge in [0.1, 0.15) is 11.9 Å². The van der Waals surface area contributed by atoms with Crippen molar-refractivity contribution in [3.05, 3.63) is 27.8 Å². The van der Waals surface area contributed by atoms with E-state index in [0.717, 1.165) is 36.1 Å². The minimum atomic E-state index is -0.406. The van der Waals surface area contributed by atoms with Gasteiger partial charge in [-0.15, -0.1) is 11.3 Å². The van der Waals surface area contributed by atoms with Gasteiger partial charge in [0.25, 0.3) is 0 Å². The predicted molar refractivity (Wildman–Crippen MR) is 84.4 cm³/mol. The molecule has 2 aromatic rings. The zero-order valence-electron chi connectivity index (χ0n) is 11.9. The fraction of sp³-hybridized carbons (Fsp3) is 0.429. The van der Waals surface area contributed by atoms with Crippen molar-refractivity contribution >= 4 is 32.9 Å². The predicted octanol–water partition coefficient (Wildman–Crippen LogP) is 3.16. The van der Waals surface area contributed by atoms with Crippen molar-refractivity contribution in [3.8, 4) is 6.07 Å². The molecule has 0 bridgehead atoms. The first-order valence-corrected chi connectivity index (χ1v) is 7.96. The third-order valence-electron chi connectivity index (χ3n) is 3.91. The highest BCUT2D eigenvalue weighted by Gasteiger charge is 2.24. The number of hydrogen-bond acceptors (Lipinski definition) is 7. The molecular weight excluding hydrogens is 302 g/mol. The maximum absolute atomic E-state index is 11.2. The second kappa shape index (κ2) is 6.25. The van der Waals surface area contributed by atoms with Crippen LogP contribution in [0.3, 0.4) is 0 Å². The highest BCUT2D eigenvalue weighted by Crippen LogP contribution is 2.35. The van der Waals surface area contributed by atoms with Gasteiger partial charge in [-0.1, -0.05) is 0 Å². The third kappa shape index (κ3) is 2.86. The van der Waals surface area contributed by atoms with Gasteiger partial charge in [0.15, 0.2) is 0 Å². The van der Waals surface area contributed by atoms with Crippen molar-refractivity contribution in [2.45, 2.75) is 19.3 Å². The molecule has 1 fully saturated rings. The smallest absolute Gasteiger partial charge is 0.312 e. The number of aromatic nitrogens is 1. The van der Waals surface area contributed by atoms with E-state index in [1.165, 1.54) is 17.5 Å². The average molecular weight is 317 g/mol. The molecule has 0 spiro atoms. The van der Waals surface area contributed by atoms with Gasteiger partial charge in [-0.05, 0) is 30.2 Å². The molecule has 2 aromatic heterocycles. The van der Waals surface area contributed by atoms with E-state index in [4.69, 9.17) is 5.26 Å². The van der Waals surface area contributed by atoms with E-state index in [1.54, 1.807) is 0 Å². The van der Waals surface area contributed by atoms with Gasteiger partial charge in [0.05, 0.1) is 21.2 Å². The Hall–Kier alpha value is -2.24. The quantitative estimate of drug-likeness (QED) is 0.687. The Kier molecular flexibility index (Phi) is 4.18. The topological polar surface area (TPSA) is 95.1 Å². The maximum Gasteiger partial charge on any atom is 0.313 e. The lowest BCUT2D eigenvalue weighted by Gasteiger charge is -2.31. The van der Waals surface area contributed by atoms with E-state index in [9.17, 15) is 10.1 Å². The summed E-state index contributed by atoms with van der Waals surface area (Å²) in [7, 11) is 0. The number of piperidine rings is 1. The lowest BCUT2D eigenvalue weighted by atomic mass is 9.95. The molecule has 0 saturated carbocycles. The molecule has 1 N–H and O–H groups in total. The lowest BCUT2D eigenvalue weighted by molar-refractivity contribution is -0.384. The van der Waals surface area contributed by atoms with Crippen LogP contribution in [0.2, 0.25) is 0 Å². The SMILES string of the molecule is N#CCC1CCN(Nc2c([N+](=O)[O-])cnc3ccsc23)CC1. The molecule has 8 heteroatoms. The summed E-state index contributed by atoms with van der Waals surface area (Å²) < 4.78 is 0.799. The van der Waals surface area contributed by atoms with E-state index < -0.39 is 4.92 Å². The first kappa shape index (κ1) is 14.7. The molecular formula is C14H15N5O2S. The van der Waals surface area contributed by atoms with Crippen molar-refractivity contribution in [3.63, 3.8) is 0 Å². The number of hydrogen-bond donors (Lipinski definition) is 1. The van der Waals surface area contributed by atoms with Crippen molar-refractivity contribution in [2.24, 2.45) is 5.92 Å². The molecule has 1 saturated heterocycles. The summed E-state index contributed by atoms with van der Waals surface area (Å²) in [6.45, 7) is 1.55. The summed E-state index contributed by atoms with van der Waals surface area (Å²) in [5, 5.41) is 23.9. The average Bonchev–Trinajstić information content (AvgIpc) is 2.98. The number of fused-ring (bicyclic) bond motifs is 1. The fourth-order valence-electron chi connectivity index (χ4n) is 2.69. The summed E-state index contributed by atoms with van der Waals surface area (Å²) in [6, 6.07) is 4.07. The molecule has 0 radical (unpaired) electrons. The maximum atomic E-state index is 11.2. The number of hydrazine groups is 1. The normalized spacial score (nSPS) is 16.5. The van der Waals surface area contributed by atoms with Gasteiger partial charge in [-0.3, -0.25) is 10.1 Å². The zero-order chi connectivity index (χ0) is 15.5. The number of nitro groups is 1. The van der Waals surface area contributed by atoms with Crippen molar-refractivity contribution in [1.82, 2.24) is 9.99 Å². The van der Waals surface area contributed by atoms with Crippen LogP contribution in [0, 0.1) is 27.4 Å². The van der Waals surface area contributed by atoms with Crippen LogP contribution in [0.25, 0.3) is 10.2 Å². The highest BCUT2D eigenvalue weighted by molar-refractivity contribution is 7.17. The Bertz CT molecular complexity index is 730. The van der Waals surface area contributed by atoms with Gasteiger partial charge >= 0.3 is 5.69 Å². The molecule has 1 aliphatic rings. The standard InChI is InChI=1S/C14H15N5O2S/c15-5-1-10-2-6-18(7-3-10)17-13-12(19(20)21)9-16-11-4-8-22-14(11)13/h4,8-10H,1-3,6-7H2,(H,16,17). The number of nitriles is 1. The summed E-state index contributed by atoms with van der Waals surface area (Å²) in [4.78, 5) is 15.0. The van der Waals surface area contributed by atoms with Crippen LogP contribution in [-0.4, -0.2) is 28.0 Å². The van der Waals surface area contributed by atoms with Crippen molar-refractivity contribution < 1.29 is 4.92 Å². The van der Waals surface area contributed by atoms with Crippen molar-refractivity contribution in [2.75, 3.05) is 18.5 Å². The highest BCUT2D eigenvalue weighted by atomic mass is 32.1. The number of pyridine rings is 1. The Balaban J connectivity index is 1.82. The Morgan fingerprint density at radius 3 is 3.00 bits per heavy atom. The van der Waals surface area contributed by atoms with Crippen LogP contribution in [-0.2, 0) is 0 Å². The molecule has 0 unspecified atom stereocenters. The van der Waals surface area contributed by atoms with Crippen LogP contribution < -0.4 is 5.43 Å². The van der Waals surface area contributed by atoms with Gasteiger partial charge in [-0.25, -0.2) is 9.99 Å². The van der Waals surface area contributed by atoms with Gasteiger partial charge in [-0.2, -0.15) is 5.26 Å². The molecule has 1 aliphatic heterocycles. The molecule has 114 valence electrons. The van der Waals surface area contributed by atoms with Gasteiger partial charge in [0, 0.05) is 19.5 Å². The van der Waals surface area contributed by atoms with Crippen LogP contribution in [0.15, 0.2) is 17.6 Å². The summed E-state index contributed by atoms with van der Waals surface area (Å²) in [6.07, 6.45) is 3.73. The summed E-state index contributed by atoms with van der Waals surface area (Å²) in [5.41, 5.74) is 4.48. The van der Waals surface area contributed by atoms with E-state index in [1.807, 2.05) is 16.5 Å². The van der Waals surface area contributed by atoms with E-state index in [0.29, 0.717) is 18.0 Å². The number of rotatable bonds is 4. The molecule has 22 heavy (non-hydrogen) atoms. The minimum absolute atomic E-state index is 0.00546. The van der Waals surface area contributed by atoms with Gasteiger partial charge in [0.2, 0.25) is 0 Å². The molecule has 0 aromatic carbocycles. The fourth-order valence-corrected chi connectivity index (χ4v) is 3.53. The zero-order valence-corrected chi connectivity index (χ0v) is 12.7. The Labute approximate surface area is 131 Å². The van der Waals surface area contributed by atoms with E-state index in [-0.39, 0.29) is 5.69 Å². The summed E-state index contributed by atoms with van der Waals surface area (Å²) >= 11 is 1.44. The van der Waals surface area contributed by atoms with Crippen LogP contribution in [0.4, 0.5) is 11.4 Å². The molecule has 0 aliphatic carbocycles. The molecule has 0 atom stereocenters. The lowest BCUT2D eigenvalue weighted by Crippen LogP contribution is -2.38. The van der Waals surface area contributed by atoms with Crippen LogP contribution in [0.5, 0.6) is 0 Å². The first-order valence-electron chi connectivity index (χ1n) is 7.08. The van der Waals surface area contributed by atoms with Crippen LogP contribution >= 0.6 is 11.3 Å². The first-order chi connectivity index (χ1) is 10.7. The largest absolute Gasteiger partial charge is 0.313 e. The number of anilines is 1. The molecule has 3 rings (SSSR count). The van der Waals surface area contributed by atoms with Crippen molar-refractivity contribution in [1.29, 1.82) is 5.26 Å². The molecule has 7 nitrogen and oxygen atoms in total. The number of thiophene rings is 1. The number of nitrogens with one attached hydrogen (secondary N) is 1.